The Kier molecular flexibility index (Phi) is 5.01. The lowest BCUT2D eigenvalue weighted by Gasteiger charge is -2.35. The molecular weight excluding hydrogens is 404 g/mol. The lowest BCUT2D eigenvalue weighted by Crippen LogP contribution is -2.52. The van der Waals surface area contributed by atoms with E-state index in [-0.39, 0.29) is 28.6 Å². The van der Waals surface area contributed by atoms with Crippen LogP contribution in [0.4, 0.5) is 16.2 Å². The predicted molar refractivity (Wildman–Crippen MR) is 113 cm³/mol. The van der Waals surface area contributed by atoms with Crippen molar-refractivity contribution in [1.29, 1.82) is 0 Å². The second kappa shape index (κ2) is 7.64. The molecule has 4 rings (SSSR count). The molecule has 0 bridgehead atoms. The third-order valence-electron chi connectivity index (χ3n) is 4.78. The van der Waals surface area contributed by atoms with Crippen LogP contribution in [-0.4, -0.2) is 33.9 Å². The number of carbonyl (C=O) groups is 2. The number of sulfonamides is 1. The summed E-state index contributed by atoms with van der Waals surface area (Å²) in [6.07, 6.45) is 0. The van der Waals surface area contributed by atoms with E-state index in [4.69, 9.17) is 4.74 Å². The van der Waals surface area contributed by atoms with Crippen LogP contribution in [0.25, 0.3) is 0 Å². The minimum Gasteiger partial charge on any atom is -0.497 e. The summed E-state index contributed by atoms with van der Waals surface area (Å²) in [6, 6.07) is 20.0. The average Bonchev–Trinajstić information content (AvgIpc) is 2.77. The first-order valence-corrected chi connectivity index (χ1v) is 10.6. The van der Waals surface area contributed by atoms with Crippen molar-refractivity contribution in [3.63, 3.8) is 0 Å². The van der Waals surface area contributed by atoms with E-state index in [2.05, 4.69) is 0 Å². The van der Waals surface area contributed by atoms with Crippen LogP contribution in [0.5, 0.6) is 5.75 Å². The summed E-state index contributed by atoms with van der Waals surface area (Å²) in [7, 11) is -2.59. The largest absolute Gasteiger partial charge is 0.497 e. The molecule has 7 nitrogen and oxygen atoms in total. The minimum atomic E-state index is -4.11. The Balaban J connectivity index is 1.76. The van der Waals surface area contributed by atoms with Crippen molar-refractivity contribution < 1.29 is 22.7 Å². The lowest BCUT2D eigenvalue weighted by molar-refractivity contribution is 0.0999. The number of anilines is 2. The van der Waals surface area contributed by atoms with Crippen molar-refractivity contribution in [2.75, 3.05) is 22.9 Å². The number of ketones is 1. The summed E-state index contributed by atoms with van der Waals surface area (Å²) >= 11 is 0. The number of carbonyl (C=O) groups excluding carboxylic acids is 2. The number of amides is 2. The highest BCUT2D eigenvalue weighted by atomic mass is 32.2. The highest BCUT2D eigenvalue weighted by Gasteiger charge is 2.42. The molecule has 1 heterocycles. The highest BCUT2D eigenvalue weighted by Crippen LogP contribution is 2.37. The molecule has 0 aliphatic carbocycles. The number of benzene rings is 3. The van der Waals surface area contributed by atoms with Gasteiger partial charge in [0, 0.05) is 5.56 Å². The number of fused-ring (bicyclic) bond motifs is 1. The molecule has 3 aromatic carbocycles. The van der Waals surface area contributed by atoms with E-state index in [9.17, 15) is 18.0 Å². The molecule has 0 atom stereocenters. The minimum absolute atomic E-state index is 0.0315. The fourth-order valence-corrected chi connectivity index (χ4v) is 4.88. The quantitative estimate of drug-likeness (QED) is 0.585. The SMILES string of the molecule is COc1ccc(C(=O)CN2C(=O)N(c3ccccc3)S(=O)(=O)c3ccccc32)cc1. The van der Waals surface area contributed by atoms with Gasteiger partial charge < -0.3 is 4.74 Å². The van der Waals surface area contributed by atoms with E-state index in [1.807, 2.05) is 0 Å². The Morgan fingerprint density at radius 2 is 1.53 bits per heavy atom. The molecule has 0 radical (unpaired) electrons. The van der Waals surface area contributed by atoms with Gasteiger partial charge in [-0.3, -0.25) is 9.69 Å². The molecule has 1 aliphatic rings. The maximum atomic E-state index is 13.3. The molecule has 8 heteroatoms. The van der Waals surface area contributed by atoms with E-state index in [0.29, 0.717) is 11.3 Å². The molecule has 0 saturated heterocycles. The summed E-state index contributed by atoms with van der Waals surface area (Å²) in [6.45, 7) is -0.305. The van der Waals surface area contributed by atoms with Crippen LogP contribution >= 0.6 is 0 Å². The molecule has 0 spiro atoms. The van der Waals surface area contributed by atoms with Crippen molar-refractivity contribution in [3.05, 3.63) is 84.4 Å². The van der Waals surface area contributed by atoms with Gasteiger partial charge in [-0.1, -0.05) is 30.3 Å². The summed E-state index contributed by atoms with van der Waals surface area (Å²) in [4.78, 5) is 27.3. The van der Waals surface area contributed by atoms with Crippen LogP contribution in [0.1, 0.15) is 10.4 Å². The zero-order chi connectivity index (χ0) is 21.3. The molecule has 0 N–H and O–H groups in total. The van der Waals surface area contributed by atoms with Gasteiger partial charge in [-0.15, -0.1) is 0 Å². The molecule has 0 fully saturated rings. The number of methoxy groups -OCH3 is 1. The maximum Gasteiger partial charge on any atom is 0.343 e. The second-order valence-corrected chi connectivity index (χ2v) is 8.35. The summed E-state index contributed by atoms with van der Waals surface area (Å²) in [5.74, 6) is 0.278. The number of hydrogen-bond acceptors (Lipinski definition) is 5. The molecule has 30 heavy (non-hydrogen) atoms. The smallest absolute Gasteiger partial charge is 0.343 e. The first kappa shape index (κ1) is 19.7. The Morgan fingerprint density at radius 1 is 0.900 bits per heavy atom. The number of Topliss-reactive ketones (excluding diaryl/α,β-unsaturated/α-hetero) is 1. The first-order valence-electron chi connectivity index (χ1n) is 9.11. The monoisotopic (exact) mass is 422 g/mol. The zero-order valence-corrected chi connectivity index (χ0v) is 16.9. The predicted octanol–water partition coefficient (Wildman–Crippen LogP) is 3.71. The summed E-state index contributed by atoms with van der Waals surface area (Å²) in [5, 5.41) is 0. The Hall–Kier alpha value is -3.65. The van der Waals surface area contributed by atoms with Crippen LogP contribution < -0.4 is 13.9 Å². The fraction of sp³-hybridized carbons (Fsp3) is 0.0909. The van der Waals surface area contributed by atoms with Gasteiger partial charge in [-0.25, -0.2) is 13.2 Å². The van der Waals surface area contributed by atoms with Gasteiger partial charge in [-0.05, 0) is 48.5 Å². The van der Waals surface area contributed by atoms with Gasteiger partial charge in [0.15, 0.2) is 5.78 Å². The molecule has 0 aromatic heterocycles. The van der Waals surface area contributed by atoms with E-state index < -0.39 is 16.1 Å². The second-order valence-electron chi connectivity index (χ2n) is 6.59. The number of nitrogens with zero attached hydrogens (tertiary/aromatic N) is 2. The van der Waals surface area contributed by atoms with Crippen molar-refractivity contribution in [1.82, 2.24) is 0 Å². The van der Waals surface area contributed by atoms with Crippen molar-refractivity contribution in [2.45, 2.75) is 4.90 Å². The van der Waals surface area contributed by atoms with Gasteiger partial charge in [0.25, 0.3) is 10.0 Å². The molecular formula is C22H18N2O5S. The zero-order valence-electron chi connectivity index (χ0n) is 16.1. The van der Waals surface area contributed by atoms with Crippen LogP contribution in [0.15, 0.2) is 83.8 Å². The number of hydrogen-bond donors (Lipinski definition) is 0. The maximum absolute atomic E-state index is 13.3. The average molecular weight is 422 g/mol. The first-order chi connectivity index (χ1) is 14.4. The normalized spacial score (nSPS) is 14.9. The number of rotatable bonds is 5. The topological polar surface area (TPSA) is 84.0 Å². The van der Waals surface area contributed by atoms with Crippen LogP contribution in [0, 0.1) is 0 Å². The number of para-hydroxylation sites is 2. The third-order valence-corrected chi connectivity index (χ3v) is 6.53. The van der Waals surface area contributed by atoms with Crippen LogP contribution in [0.3, 0.4) is 0 Å². The lowest BCUT2D eigenvalue weighted by atomic mass is 10.1. The molecule has 3 aromatic rings. The van der Waals surface area contributed by atoms with E-state index in [0.717, 1.165) is 4.31 Å². The highest BCUT2D eigenvalue weighted by molar-refractivity contribution is 7.94. The van der Waals surface area contributed by atoms with Gasteiger partial charge in [-0.2, -0.15) is 4.31 Å². The Morgan fingerprint density at radius 3 is 2.20 bits per heavy atom. The summed E-state index contributed by atoms with van der Waals surface area (Å²) < 4.78 is 32.2. The third kappa shape index (κ3) is 3.31. The van der Waals surface area contributed by atoms with Crippen molar-refractivity contribution in [3.8, 4) is 5.75 Å². The standard InChI is InChI=1S/C22H18N2O5S/c1-29-18-13-11-16(12-14-18)20(25)15-23-19-9-5-6-10-21(19)30(27,28)24(22(23)26)17-7-3-2-4-8-17/h2-14H,15H2,1H3. The van der Waals surface area contributed by atoms with Crippen molar-refractivity contribution >= 4 is 33.2 Å². The Labute approximate surface area is 174 Å². The number of ether oxygens (including phenoxy) is 1. The fourth-order valence-electron chi connectivity index (χ4n) is 3.29. The molecule has 0 saturated carbocycles. The van der Waals surface area contributed by atoms with Crippen molar-refractivity contribution in [2.24, 2.45) is 0 Å². The Bertz CT molecular complexity index is 1210. The number of urea groups is 1. The van der Waals surface area contributed by atoms with Gasteiger partial charge in [0.1, 0.15) is 10.6 Å². The van der Waals surface area contributed by atoms with Gasteiger partial charge in [0.05, 0.1) is 25.0 Å². The van der Waals surface area contributed by atoms with Crippen LogP contribution in [0.2, 0.25) is 0 Å². The van der Waals surface area contributed by atoms with E-state index in [1.54, 1.807) is 54.6 Å². The van der Waals surface area contributed by atoms with Crippen LogP contribution in [-0.2, 0) is 10.0 Å². The van der Waals surface area contributed by atoms with Gasteiger partial charge in [0.2, 0.25) is 0 Å². The van der Waals surface area contributed by atoms with E-state index >= 15 is 0 Å². The summed E-state index contributed by atoms with van der Waals surface area (Å²) in [5.41, 5.74) is 0.774. The molecule has 2 amide bonds. The molecule has 1 aliphatic heterocycles. The van der Waals surface area contributed by atoms with Gasteiger partial charge >= 0.3 is 6.03 Å². The molecule has 152 valence electrons. The van der Waals surface area contributed by atoms with E-state index in [1.165, 1.54) is 36.3 Å². The molecule has 0 unspecified atom stereocenters.